The van der Waals surface area contributed by atoms with Gasteiger partial charge in [0.2, 0.25) is 0 Å². The van der Waals surface area contributed by atoms with Crippen molar-refractivity contribution in [2.45, 2.75) is 18.9 Å². The number of carbonyl (C=O) groups excluding carboxylic acids is 1. The summed E-state index contributed by atoms with van der Waals surface area (Å²) >= 11 is 1.27. The molecule has 0 aromatic carbocycles. The molecule has 8 heteroatoms. The third-order valence-electron chi connectivity index (χ3n) is 2.97. The Balaban J connectivity index is 2.09. The van der Waals surface area contributed by atoms with Gasteiger partial charge in [0.25, 0.3) is 5.91 Å². The molecule has 2 rings (SSSR count). The molecule has 0 saturated carbocycles. The molecule has 0 aliphatic carbocycles. The highest BCUT2D eigenvalue weighted by atomic mass is 32.1. The largest absolute Gasteiger partial charge is 0.395 e. The minimum absolute atomic E-state index is 0.0989. The fourth-order valence-electron chi connectivity index (χ4n) is 2.05. The first-order chi connectivity index (χ1) is 9.11. The SMILES string of the molecule is Nc1nc(N2CCCC(N)C2)sc1C(=O)NCCO. The number of anilines is 2. The molecule has 0 spiro atoms. The van der Waals surface area contributed by atoms with Crippen LogP contribution in [0.3, 0.4) is 0 Å². The molecule has 1 amide bonds. The number of hydrogen-bond donors (Lipinski definition) is 4. The number of hydrogen-bond acceptors (Lipinski definition) is 7. The zero-order valence-electron chi connectivity index (χ0n) is 10.6. The van der Waals surface area contributed by atoms with E-state index in [9.17, 15) is 4.79 Å². The van der Waals surface area contributed by atoms with E-state index in [1.807, 2.05) is 0 Å². The lowest BCUT2D eigenvalue weighted by atomic mass is 10.1. The molecule has 106 valence electrons. The predicted octanol–water partition coefficient (Wildman–Crippen LogP) is -0.625. The van der Waals surface area contributed by atoms with Crippen molar-refractivity contribution in [1.82, 2.24) is 10.3 Å². The van der Waals surface area contributed by atoms with Crippen molar-refractivity contribution in [3.05, 3.63) is 4.88 Å². The Hall–Kier alpha value is -1.38. The van der Waals surface area contributed by atoms with Crippen LogP contribution >= 0.6 is 11.3 Å². The molecule has 0 bridgehead atoms. The highest BCUT2D eigenvalue weighted by Gasteiger charge is 2.23. The maximum Gasteiger partial charge on any atom is 0.265 e. The van der Waals surface area contributed by atoms with Gasteiger partial charge in [-0.25, -0.2) is 4.98 Å². The summed E-state index contributed by atoms with van der Waals surface area (Å²) in [7, 11) is 0. The van der Waals surface area contributed by atoms with Crippen molar-refractivity contribution in [1.29, 1.82) is 0 Å². The van der Waals surface area contributed by atoms with Crippen molar-refractivity contribution < 1.29 is 9.90 Å². The lowest BCUT2D eigenvalue weighted by molar-refractivity contribution is 0.0949. The molecule has 1 aromatic heterocycles. The summed E-state index contributed by atoms with van der Waals surface area (Å²) in [5.41, 5.74) is 11.7. The molecule has 1 aromatic rings. The Morgan fingerprint density at radius 1 is 1.63 bits per heavy atom. The fraction of sp³-hybridized carbons (Fsp3) is 0.636. The summed E-state index contributed by atoms with van der Waals surface area (Å²) in [6.45, 7) is 1.74. The average molecular weight is 285 g/mol. The number of amides is 1. The van der Waals surface area contributed by atoms with Gasteiger partial charge < -0.3 is 26.8 Å². The van der Waals surface area contributed by atoms with E-state index in [4.69, 9.17) is 16.6 Å². The number of nitrogen functional groups attached to an aromatic ring is 1. The van der Waals surface area contributed by atoms with E-state index in [2.05, 4.69) is 15.2 Å². The average Bonchev–Trinajstić information content (AvgIpc) is 2.78. The van der Waals surface area contributed by atoms with E-state index < -0.39 is 0 Å². The van der Waals surface area contributed by atoms with Crippen LogP contribution in [0.5, 0.6) is 0 Å². The zero-order valence-corrected chi connectivity index (χ0v) is 11.4. The van der Waals surface area contributed by atoms with Crippen LogP contribution in [0.15, 0.2) is 0 Å². The van der Waals surface area contributed by atoms with Crippen LogP contribution in [0.25, 0.3) is 0 Å². The van der Waals surface area contributed by atoms with Crippen LogP contribution in [0.1, 0.15) is 22.5 Å². The van der Waals surface area contributed by atoms with E-state index in [0.29, 0.717) is 4.88 Å². The second-order valence-electron chi connectivity index (χ2n) is 4.54. The topological polar surface area (TPSA) is 118 Å². The van der Waals surface area contributed by atoms with Gasteiger partial charge in [-0.05, 0) is 12.8 Å². The molecule has 1 aliphatic heterocycles. The van der Waals surface area contributed by atoms with Gasteiger partial charge in [-0.1, -0.05) is 11.3 Å². The predicted molar refractivity (Wildman–Crippen MR) is 75.4 cm³/mol. The van der Waals surface area contributed by atoms with Crippen LogP contribution < -0.4 is 21.7 Å². The van der Waals surface area contributed by atoms with Gasteiger partial charge in [0.05, 0.1) is 6.61 Å². The molecule has 6 N–H and O–H groups in total. The van der Waals surface area contributed by atoms with Gasteiger partial charge in [0, 0.05) is 25.7 Å². The lowest BCUT2D eigenvalue weighted by Gasteiger charge is -2.30. The molecule has 0 radical (unpaired) electrons. The molecule has 1 saturated heterocycles. The molecular formula is C11H19N5O2S. The summed E-state index contributed by atoms with van der Waals surface area (Å²) < 4.78 is 0. The molecule has 1 atom stereocenters. The van der Waals surface area contributed by atoms with Gasteiger partial charge in [-0.3, -0.25) is 4.79 Å². The monoisotopic (exact) mass is 285 g/mol. The van der Waals surface area contributed by atoms with Crippen LogP contribution in [0.2, 0.25) is 0 Å². The van der Waals surface area contributed by atoms with Gasteiger partial charge in [-0.15, -0.1) is 0 Å². The number of aromatic nitrogens is 1. The fourth-order valence-corrected chi connectivity index (χ4v) is 2.99. The maximum absolute atomic E-state index is 11.8. The quantitative estimate of drug-likeness (QED) is 0.585. The standard InChI is InChI=1S/C11H19N5O2S/c12-7-2-1-4-16(6-7)11-15-9(13)8(19-11)10(18)14-3-5-17/h7,17H,1-6,12-13H2,(H,14,18). The van der Waals surface area contributed by atoms with E-state index in [0.717, 1.165) is 31.1 Å². The van der Waals surface area contributed by atoms with E-state index in [1.165, 1.54) is 11.3 Å². The summed E-state index contributed by atoms with van der Waals surface area (Å²) in [5, 5.41) is 12.0. The number of carbonyl (C=O) groups is 1. The number of rotatable bonds is 4. The Morgan fingerprint density at radius 3 is 3.11 bits per heavy atom. The normalized spacial score (nSPS) is 19.5. The minimum Gasteiger partial charge on any atom is -0.395 e. The second-order valence-corrected chi connectivity index (χ2v) is 5.52. The Labute approximate surface area is 115 Å². The third kappa shape index (κ3) is 3.34. The first-order valence-corrected chi connectivity index (χ1v) is 7.09. The van der Waals surface area contributed by atoms with E-state index in [1.54, 1.807) is 0 Å². The number of nitrogens with one attached hydrogen (secondary N) is 1. The number of nitrogens with zero attached hydrogens (tertiary/aromatic N) is 2. The highest BCUT2D eigenvalue weighted by molar-refractivity contribution is 7.18. The molecule has 1 fully saturated rings. The minimum atomic E-state index is -0.295. The Bertz CT molecular complexity index is 450. The van der Waals surface area contributed by atoms with Crippen molar-refractivity contribution in [3.8, 4) is 0 Å². The van der Waals surface area contributed by atoms with E-state index in [-0.39, 0.29) is 30.9 Å². The highest BCUT2D eigenvalue weighted by Crippen LogP contribution is 2.29. The second kappa shape index (κ2) is 6.18. The molecule has 7 nitrogen and oxygen atoms in total. The maximum atomic E-state index is 11.8. The number of aliphatic hydroxyl groups is 1. The molecule has 1 aliphatic rings. The summed E-state index contributed by atoms with van der Waals surface area (Å²) in [4.78, 5) is 18.5. The molecule has 2 heterocycles. The van der Waals surface area contributed by atoms with Crippen molar-refractivity contribution >= 4 is 28.2 Å². The Kier molecular flexibility index (Phi) is 4.56. The van der Waals surface area contributed by atoms with Gasteiger partial charge in [-0.2, -0.15) is 0 Å². The lowest BCUT2D eigenvalue weighted by Crippen LogP contribution is -2.42. The molecule has 19 heavy (non-hydrogen) atoms. The first kappa shape index (κ1) is 14.0. The summed E-state index contributed by atoms with van der Waals surface area (Å²) in [5.74, 6) is -0.0637. The first-order valence-electron chi connectivity index (χ1n) is 6.27. The summed E-state index contributed by atoms with van der Waals surface area (Å²) in [6.07, 6.45) is 2.04. The van der Waals surface area contributed by atoms with Crippen LogP contribution in [-0.4, -0.2) is 48.3 Å². The van der Waals surface area contributed by atoms with E-state index >= 15 is 0 Å². The Morgan fingerprint density at radius 2 is 2.42 bits per heavy atom. The number of aliphatic hydroxyl groups excluding tert-OH is 1. The third-order valence-corrected chi connectivity index (χ3v) is 4.10. The van der Waals surface area contributed by atoms with Gasteiger partial charge >= 0.3 is 0 Å². The number of nitrogens with two attached hydrogens (primary N) is 2. The number of piperidine rings is 1. The summed E-state index contributed by atoms with van der Waals surface area (Å²) in [6, 6.07) is 0.144. The van der Waals surface area contributed by atoms with Crippen molar-refractivity contribution in [3.63, 3.8) is 0 Å². The zero-order chi connectivity index (χ0) is 13.8. The van der Waals surface area contributed by atoms with Gasteiger partial charge in [0.1, 0.15) is 10.7 Å². The van der Waals surface area contributed by atoms with Crippen molar-refractivity contribution in [2.75, 3.05) is 36.9 Å². The molecule has 1 unspecified atom stereocenters. The molecular weight excluding hydrogens is 266 g/mol. The van der Waals surface area contributed by atoms with Crippen LogP contribution in [-0.2, 0) is 0 Å². The van der Waals surface area contributed by atoms with Crippen LogP contribution in [0, 0.1) is 0 Å². The smallest absolute Gasteiger partial charge is 0.265 e. The van der Waals surface area contributed by atoms with Gasteiger partial charge in [0.15, 0.2) is 5.13 Å². The van der Waals surface area contributed by atoms with Crippen molar-refractivity contribution in [2.24, 2.45) is 5.73 Å². The number of thiazole rings is 1. The van der Waals surface area contributed by atoms with Crippen LogP contribution in [0.4, 0.5) is 10.9 Å².